The van der Waals surface area contributed by atoms with Gasteiger partial charge in [-0.3, -0.25) is 14.5 Å². The summed E-state index contributed by atoms with van der Waals surface area (Å²) in [5, 5.41) is 2.84. The molecular weight excluding hydrogens is 449 g/mol. The van der Waals surface area contributed by atoms with Gasteiger partial charge >= 0.3 is 6.18 Å². The van der Waals surface area contributed by atoms with Crippen LogP contribution in [0.3, 0.4) is 0 Å². The first-order valence-corrected chi connectivity index (χ1v) is 11.3. The first-order chi connectivity index (χ1) is 16.3. The van der Waals surface area contributed by atoms with Crippen LogP contribution in [0, 0.1) is 0 Å². The smallest absolute Gasteiger partial charge is 0.416 e. The highest BCUT2D eigenvalue weighted by Gasteiger charge is 2.31. The number of rotatable bonds is 10. The van der Waals surface area contributed by atoms with Crippen LogP contribution in [-0.4, -0.2) is 56.0 Å². The van der Waals surface area contributed by atoms with E-state index < -0.39 is 11.7 Å². The Morgan fingerprint density at radius 3 is 2.26 bits per heavy atom. The van der Waals surface area contributed by atoms with Crippen molar-refractivity contribution >= 4 is 11.7 Å². The lowest BCUT2D eigenvalue weighted by atomic mass is 10.0. The summed E-state index contributed by atoms with van der Waals surface area (Å²) in [4.78, 5) is 26.9. The first kappa shape index (κ1) is 25.7. The summed E-state index contributed by atoms with van der Waals surface area (Å²) >= 11 is 0. The van der Waals surface area contributed by atoms with Gasteiger partial charge in [0, 0.05) is 38.0 Å². The van der Waals surface area contributed by atoms with E-state index in [9.17, 15) is 22.8 Å². The molecule has 0 aromatic heterocycles. The Kier molecular flexibility index (Phi) is 9.06. The fourth-order valence-corrected chi connectivity index (χ4v) is 3.82. The van der Waals surface area contributed by atoms with E-state index in [-0.39, 0.29) is 37.1 Å². The minimum atomic E-state index is -4.41. The number of benzene rings is 2. The average Bonchev–Trinajstić information content (AvgIpc) is 2.84. The quantitative estimate of drug-likeness (QED) is 0.517. The van der Waals surface area contributed by atoms with E-state index in [1.54, 1.807) is 24.3 Å². The lowest BCUT2D eigenvalue weighted by Gasteiger charge is -2.35. The SMILES string of the molecule is CCOc1ccc(C(=O)CCC(=O)NCC(c2ccc(C(F)(F)F)cc2)N2CCOCC2)cc1. The maximum Gasteiger partial charge on any atom is 0.416 e. The number of ketones is 1. The van der Waals surface area contributed by atoms with Gasteiger partial charge in [0.2, 0.25) is 5.91 Å². The van der Waals surface area contributed by atoms with Gasteiger partial charge in [0.1, 0.15) is 5.75 Å². The van der Waals surface area contributed by atoms with E-state index in [0.29, 0.717) is 49.8 Å². The van der Waals surface area contributed by atoms with Crippen molar-refractivity contribution in [1.82, 2.24) is 10.2 Å². The van der Waals surface area contributed by atoms with Gasteiger partial charge in [-0.05, 0) is 48.9 Å². The van der Waals surface area contributed by atoms with Crippen LogP contribution in [0.4, 0.5) is 13.2 Å². The predicted octanol–water partition coefficient (Wildman–Crippen LogP) is 4.26. The molecule has 9 heteroatoms. The molecular formula is C25H29F3N2O4. The number of carbonyl (C=O) groups is 2. The van der Waals surface area contributed by atoms with Gasteiger partial charge in [-0.25, -0.2) is 0 Å². The Hall–Kier alpha value is -2.91. The second-order valence-corrected chi connectivity index (χ2v) is 7.97. The number of ether oxygens (including phenoxy) is 2. The Morgan fingerprint density at radius 2 is 1.68 bits per heavy atom. The Morgan fingerprint density at radius 1 is 1.03 bits per heavy atom. The van der Waals surface area contributed by atoms with Crippen LogP contribution in [0.1, 0.15) is 47.3 Å². The molecule has 2 aromatic rings. The van der Waals surface area contributed by atoms with E-state index in [4.69, 9.17) is 9.47 Å². The van der Waals surface area contributed by atoms with Gasteiger partial charge in [-0.1, -0.05) is 12.1 Å². The molecule has 1 saturated heterocycles. The van der Waals surface area contributed by atoms with Gasteiger partial charge in [0.15, 0.2) is 5.78 Å². The molecule has 0 bridgehead atoms. The van der Waals surface area contributed by atoms with Crippen LogP contribution in [0.25, 0.3) is 0 Å². The minimum absolute atomic E-state index is 0.0227. The lowest BCUT2D eigenvalue weighted by Crippen LogP contribution is -2.43. The molecule has 0 aliphatic carbocycles. The normalized spacial score (nSPS) is 15.5. The number of alkyl halides is 3. The highest BCUT2D eigenvalue weighted by molar-refractivity contribution is 5.98. The molecule has 1 aliphatic heterocycles. The summed E-state index contributed by atoms with van der Waals surface area (Å²) in [5.41, 5.74) is 0.474. The molecule has 1 unspecified atom stereocenters. The number of hydrogen-bond donors (Lipinski definition) is 1. The van der Waals surface area contributed by atoms with Crippen molar-refractivity contribution in [3.8, 4) is 5.75 Å². The monoisotopic (exact) mass is 478 g/mol. The Balaban J connectivity index is 1.57. The molecule has 1 atom stereocenters. The first-order valence-electron chi connectivity index (χ1n) is 11.3. The minimum Gasteiger partial charge on any atom is -0.494 e. The zero-order chi connectivity index (χ0) is 24.6. The molecule has 1 N–H and O–H groups in total. The van der Waals surface area contributed by atoms with E-state index in [1.807, 2.05) is 6.92 Å². The van der Waals surface area contributed by atoms with Gasteiger partial charge in [0.05, 0.1) is 31.4 Å². The maximum absolute atomic E-state index is 12.9. The third-order valence-corrected chi connectivity index (χ3v) is 5.67. The van der Waals surface area contributed by atoms with Crippen molar-refractivity contribution in [2.24, 2.45) is 0 Å². The van der Waals surface area contributed by atoms with Crippen LogP contribution in [0.15, 0.2) is 48.5 Å². The zero-order valence-electron chi connectivity index (χ0n) is 19.1. The largest absolute Gasteiger partial charge is 0.494 e. The molecule has 0 radical (unpaired) electrons. The lowest BCUT2D eigenvalue weighted by molar-refractivity contribution is -0.137. The summed E-state index contributed by atoms with van der Waals surface area (Å²) in [6, 6.07) is 11.5. The fourth-order valence-electron chi connectivity index (χ4n) is 3.82. The Bertz CT molecular complexity index is 940. The van der Waals surface area contributed by atoms with Crippen molar-refractivity contribution < 1.29 is 32.2 Å². The molecule has 1 heterocycles. The summed E-state index contributed by atoms with van der Waals surface area (Å²) < 4.78 is 49.6. The van der Waals surface area contributed by atoms with Crippen molar-refractivity contribution in [3.63, 3.8) is 0 Å². The van der Waals surface area contributed by atoms with Crippen LogP contribution in [0.2, 0.25) is 0 Å². The number of nitrogens with zero attached hydrogens (tertiary/aromatic N) is 1. The third kappa shape index (κ3) is 7.30. The number of hydrogen-bond acceptors (Lipinski definition) is 5. The molecule has 3 rings (SSSR count). The molecule has 2 aromatic carbocycles. The zero-order valence-corrected chi connectivity index (χ0v) is 19.1. The number of halogens is 3. The highest BCUT2D eigenvalue weighted by atomic mass is 19.4. The molecule has 1 amide bonds. The van der Waals surface area contributed by atoms with E-state index in [2.05, 4.69) is 10.2 Å². The molecule has 0 spiro atoms. The molecule has 6 nitrogen and oxygen atoms in total. The molecule has 1 aliphatic rings. The average molecular weight is 479 g/mol. The van der Waals surface area contributed by atoms with Gasteiger partial charge in [-0.2, -0.15) is 13.2 Å². The van der Waals surface area contributed by atoms with Crippen LogP contribution >= 0.6 is 0 Å². The van der Waals surface area contributed by atoms with Crippen molar-refractivity contribution in [2.45, 2.75) is 32.0 Å². The number of carbonyl (C=O) groups excluding carboxylic acids is 2. The summed E-state index contributed by atoms with van der Waals surface area (Å²) in [7, 11) is 0. The summed E-state index contributed by atoms with van der Waals surface area (Å²) in [6.45, 7) is 4.88. The molecule has 34 heavy (non-hydrogen) atoms. The second-order valence-electron chi connectivity index (χ2n) is 7.97. The van der Waals surface area contributed by atoms with Crippen molar-refractivity contribution in [1.29, 1.82) is 0 Å². The maximum atomic E-state index is 12.9. The topological polar surface area (TPSA) is 67.9 Å². The number of amides is 1. The van der Waals surface area contributed by atoms with Gasteiger partial charge < -0.3 is 14.8 Å². The van der Waals surface area contributed by atoms with Gasteiger partial charge in [0.25, 0.3) is 0 Å². The standard InChI is InChI=1S/C25H29F3N2O4/c1-2-34-21-9-5-19(6-10-21)23(31)11-12-24(32)29-17-22(30-13-15-33-16-14-30)18-3-7-20(8-4-18)25(26,27)28/h3-10,22H,2,11-17H2,1H3,(H,29,32). The van der Waals surface area contributed by atoms with Gasteiger partial charge in [-0.15, -0.1) is 0 Å². The van der Waals surface area contributed by atoms with E-state index >= 15 is 0 Å². The predicted molar refractivity (Wildman–Crippen MR) is 121 cm³/mol. The number of nitrogens with one attached hydrogen (secondary N) is 1. The number of Topliss-reactive ketones (excluding diaryl/α,β-unsaturated/α-hetero) is 1. The third-order valence-electron chi connectivity index (χ3n) is 5.67. The molecule has 184 valence electrons. The van der Waals surface area contributed by atoms with Crippen molar-refractivity contribution in [3.05, 3.63) is 65.2 Å². The van der Waals surface area contributed by atoms with E-state index in [1.165, 1.54) is 12.1 Å². The highest BCUT2D eigenvalue weighted by Crippen LogP contribution is 2.31. The van der Waals surface area contributed by atoms with E-state index in [0.717, 1.165) is 12.1 Å². The van der Waals surface area contributed by atoms with Crippen LogP contribution in [0.5, 0.6) is 5.75 Å². The second kappa shape index (κ2) is 12.0. The van der Waals surface area contributed by atoms with Crippen LogP contribution in [-0.2, 0) is 15.7 Å². The van der Waals surface area contributed by atoms with Crippen LogP contribution < -0.4 is 10.1 Å². The molecule has 1 fully saturated rings. The Labute approximate surface area is 197 Å². The van der Waals surface area contributed by atoms with Crippen molar-refractivity contribution in [2.75, 3.05) is 39.5 Å². The number of morpholine rings is 1. The summed E-state index contributed by atoms with van der Waals surface area (Å²) in [5.74, 6) is 0.240. The summed E-state index contributed by atoms with van der Waals surface area (Å²) in [6.07, 6.45) is -4.33. The molecule has 0 saturated carbocycles. The fraction of sp³-hybridized carbons (Fsp3) is 0.440.